The molecular formula is C16H21ClN4O3S. The summed E-state index contributed by atoms with van der Waals surface area (Å²) in [4.78, 5) is 24.3. The summed E-state index contributed by atoms with van der Waals surface area (Å²) in [7, 11) is 1.52. The second-order valence-electron chi connectivity index (χ2n) is 5.41. The number of ether oxygens (including phenoxy) is 1. The summed E-state index contributed by atoms with van der Waals surface area (Å²) in [6.07, 6.45) is 1.83. The number of rotatable bonds is 8. The molecule has 0 aliphatic heterocycles. The highest BCUT2D eigenvalue weighted by atomic mass is 35.5. The zero-order chi connectivity index (χ0) is 18.4. The number of hydrogen-bond acceptors (Lipinski definition) is 5. The van der Waals surface area contributed by atoms with Crippen LogP contribution >= 0.6 is 23.4 Å². The van der Waals surface area contributed by atoms with E-state index < -0.39 is 5.25 Å². The van der Waals surface area contributed by atoms with E-state index in [4.69, 9.17) is 16.3 Å². The number of thioether (sulfide) groups is 1. The van der Waals surface area contributed by atoms with E-state index in [9.17, 15) is 9.59 Å². The van der Waals surface area contributed by atoms with Crippen LogP contribution in [0.25, 0.3) is 0 Å². The Morgan fingerprint density at radius 1 is 1.52 bits per heavy atom. The molecule has 2 rings (SSSR count). The normalized spacial score (nSPS) is 12.0. The van der Waals surface area contributed by atoms with Gasteiger partial charge in [-0.3, -0.25) is 9.36 Å². The highest BCUT2D eigenvalue weighted by molar-refractivity contribution is 8.00. The van der Waals surface area contributed by atoms with Gasteiger partial charge < -0.3 is 10.1 Å². The molecule has 0 aliphatic rings. The van der Waals surface area contributed by atoms with Crippen molar-refractivity contribution in [3.63, 3.8) is 0 Å². The van der Waals surface area contributed by atoms with Crippen LogP contribution in [0.3, 0.4) is 0 Å². The molecule has 0 aliphatic carbocycles. The van der Waals surface area contributed by atoms with Crippen LogP contribution in [0.15, 0.2) is 28.2 Å². The number of anilines is 1. The summed E-state index contributed by atoms with van der Waals surface area (Å²) < 4.78 is 6.78. The minimum atomic E-state index is -0.459. The number of nitrogens with one attached hydrogen (secondary N) is 2. The third-order valence-corrected chi connectivity index (χ3v) is 4.85. The molecule has 7 nitrogen and oxygen atoms in total. The number of hydrogen-bond donors (Lipinski definition) is 2. The van der Waals surface area contributed by atoms with Gasteiger partial charge in [-0.25, -0.2) is 9.89 Å². The summed E-state index contributed by atoms with van der Waals surface area (Å²) in [5.41, 5.74) is 0.234. The molecule has 1 aromatic heterocycles. The van der Waals surface area contributed by atoms with Crippen molar-refractivity contribution in [2.45, 2.75) is 43.6 Å². The predicted molar refractivity (Wildman–Crippen MR) is 99.7 cm³/mol. The number of benzene rings is 1. The second kappa shape index (κ2) is 8.96. The minimum absolute atomic E-state index is 0.233. The summed E-state index contributed by atoms with van der Waals surface area (Å²) >= 11 is 7.20. The van der Waals surface area contributed by atoms with Crippen LogP contribution in [0.1, 0.15) is 26.7 Å². The highest BCUT2D eigenvalue weighted by Gasteiger charge is 2.20. The van der Waals surface area contributed by atoms with Gasteiger partial charge in [0.25, 0.3) is 0 Å². The fourth-order valence-corrected chi connectivity index (χ4v) is 3.18. The molecule has 1 unspecified atom stereocenters. The van der Waals surface area contributed by atoms with Gasteiger partial charge in [-0.15, -0.1) is 5.10 Å². The fraction of sp³-hybridized carbons (Fsp3) is 0.438. The first kappa shape index (κ1) is 19.4. The van der Waals surface area contributed by atoms with E-state index in [0.717, 1.165) is 12.8 Å². The molecule has 0 bridgehead atoms. The molecular weight excluding hydrogens is 364 g/mol. The Labute approximate surface area is 155 Å². The third-order valence-electron chi connectivity index (χ3n) is 3.53. The number of H-pyrrole nitrogens is 1. The monoisotopic (exact) mass is 384 g/mol. The zero-order valence-electron chi connectivity index (χ0n) is 14.3. The molecule has 2 N–H and O–H groups in total. The van der Waals surface area contributed by atoms with E-state index in [1.165, 1.54) is 18.9 Å². The maximum Gasteiger partial charge on any atom is 0.343 e. The molecule has 0 radical (unpaired) electrons. The minimum Gasteiger partial charge on any atom is -0.495 e. The summed E-state index contributed by atoms with van der Waals surface area (Å²) in [6.45, 7) is 4.37. The SMILES string of the molecule is CCCCn1c(SC(C)C(=O)Nc2cc(Cl)ccc2OC)n[nH]c1=O. The van der Waals surface area contributed by atoms with Gasteiger partial charge in [0.15, 0.2) is 5.16 Å². The standard InChI is InChI=1S/C16H21ClN4O3S/c1-4-5-8-21-15(23)19-20-16(21)25-10(2)14(22)18-12-9-11(17)6-7-13(12)24-3/h6-7,9-10H,4-5,8H2,1-3H3,(H,18,22)(H,19,23). The van der Waals surface area contributed by atoms with Gasteiger partial charge in [0.2, 0.25) is 5.91 Å². The van der Waals surface area contributed by atoms with Crippen molar-refractivity contribution in [1.82, 2.24) is 14.8 Å². The molecule has 0 saturated carbocycles. The first-order valence-electron chi connectivity index (χ1n) is 7.92. The van der Waals surface area contributed by atoms with Crippen molar-refractivity contribution in [3.05, 3.63) is 33.7 Å². The van der Waals surface area contributed by atoms with Gasteiger partial charge in [0.05, 0.1) is 18.0 Å². The van der Waals surface area contributed by atoms with Gasteiger partial charge in [-0.05, 0) is 31.5 Å². The van der Waals surface area contributed by atoms with E-state index >= 15 is 0 Å². The quantitative estimate of drug-likeness (QED) is 0.682. The third kappa shape index (κ3) is 5.02. The Bertz CT molecular complexity index is 790. The van der Waals surface area contributed by atoms with E-state index in [2.05, 4.69) is 15.5 Å². The highest BCUT2D eigenvalue weighted by Crippen LogP contribution is 2.29. The Morgan fingerprint density at radius 2 is 2.28 bits per heavy atom. The van der Waals surface area contributed by atoms with E-state index in [0.29, 0.717) is 28.2 Å². The Balaban J connectivity index is 2.09. The van der Waals surface area contributed by atoms with Crippen molar-refractivity contribution in [2.75, 3.05) is 12.4 Å². The van der Waals surface area contributed by atoms with Gasteiger partial charge in [-0.2, -0.15) is 0 Å². The smallest absolute Gasteiger partial charge is 0.343 e. The van der Waals surface area contributed by atoms with Crippen LogP contribution in [-0.4, -0.2) is 33.0 Å². The van der Waals surface area contributed by atoms with Crippen LogP contribution in [0.2, 0.25) is 5.02 Å². The Kier molecular flexibility index (Phi) is 6.95. The fourth-order valence-electron chi connectivity index (χ4n) is 2.13. The van der Waals surface area contributed by atoms with Crippen molar-refractivity contribution in [2.24, 2.45) is 0 Å². The maximum atomic E-state index is 12.5. The molecule has 1 aromatic carbocycles. The number of carbonyl (C=O) groups is 1. The van der Waals surface area contributed by atoms with E-state index in [1.54, 1.807) is 29.7 Å². The molecule has 136 valence electrons. The topological polar surface area (TPSA) is 89.0 Å². The molecule has 1 atom stereocenters. The van der Waals surface area contributed by atoms with Crippen LogP contribution < -0.4 is 15.7 Å². The molecule has 25 heavy (non-hydrogen) atoms. The lowest BCUT2D eigenvalue weighted by molar-refractivity contribution is -0.115. The van der Waals surface area contributed by atoms with Gasteiger partial charge >= 0.3 is 5.69 Å². The van der Waals surface area contributed by atoms with Crippen LogP contribution in [0.4, 0.5) is 5.69 Å². The lowest BCUT2D eigenvalue weighted by Crippen LogP contribution is -2.24. The zero-order valence-corrected chi connectivity index (χ0v) is 15.9. The van der Waals surface area contributed by atoms with Gasteiger partial charge in [-0.1, -0.05) is 36.7 Å². The molecule has 9 heteroatoms. The average molecular weight is 385 g/mol. The van der Waals surface area contributed by atoms with Gasteiger partial charge in [0.1, 0.15) is 5.75 Å². The lowest BCUT2D eigenvalue weighted by Gasteiger charge is -2.14. The van der Waals surface area contributed by atoms with Crippen molar-refractivity contribution in [3.8, 4) is 5.75 Å². The van der Waals surface area contributed by atoms with Crippen molar-refractivity contribution >= 4 is 35.0 Å². The lowest BCUT2D eigenvalue weighted by atomic mass is 10.3. The molecule has 2 aromatic rings. The number of carbonyl (C=O) groups excluding carboxylic acids is 1. The predicted octanol–water partition coefficient (Wildman–Crippen LogP) is 3.15. The van der Waals surface area contributed by atoms with Crippen molar-refractivity contribution < 1.29 is 9.53 Å². The maximum absolute atomic E-state index is 12.5. The largest absolute Gasteiger partial charge is 0.495 e. The van der Waals surface area contributed by atoms with Crippen LogP contribution in [0, 0.1) is 0 Å². The number of nitrogens with zero attached hydrogens (tertiary/aromatic N) is 2. The van der Waals surface area contributed by atoms with E-state index in [1.807, 2.05) is 6.92 Å². The average Bonchev–Trinajstić information content (AvgIpc) is 2.93. The Morgan fingerprint density at radius 3 is 2.96 bits per heavy atom. The first-order valence-corrected chi connectivity index (χ1v) is 9.18. The molecule has 1 amide bonds. The number of halogens is 1. The summed E-state index contributed by atoms with van der Waals surface area (Å²) in [6, 6.07) is 5.00. The number of aromatic amines is 1. The molecule has 0 spiro atoms. The number of methoxy groups -OCH3 is 1. The Hall–Kier alpha value is -1.93. The van der Waals surface area contributed by atoms with Crippen LogP contribution in [0.5, 0.6) is 5.75 Å². The van der Waals surface area contributed by atoms with Gasteiger partial charge in [0, 0.05) is 11.6 Å². The molecule has 0 saturated heterocycles. The molecule has 0 fully saturated rings. The number of unbranched alkanes of at least 4 members (excludes halogenated alkanes) is 1. The second-order valence-corrected chi connectivity index (χ2v) is 7.15. The number of amides is 1. The summed E-state index contributed by atoms with van der Waals surface area (Å²) in [5, 5.41) is 9.78. The number of aromatic nitrogens is 3. The first-order chi connectivity index (χ1) is 12.0. The summed E-state index contributed by atoms with van der Waals surface area (Å²) in [5.74, 6) is 0.289. The van der Waals surface area contributed by atoms with Crippen molar-refractivity contribution in [1.29, 1.82) is 0 Å². The van der Waals surface area contributed by atoms with E-state index in [-0.39, 0.29) is 11.6 Å². The molecule has 1 heterocycles. The van der Waals surface area contributed by atoms with Crippen LogP contribution in [-0.2, 0) is 11.3 Å².